The van der Waals surface area contributed by atoms with Crippen molar-refractivity contribution in [2.45, 2.75) is 71.8 Å². The van der Waals surface area contributed by atoms with Gasteiger partial charge in [0.15, 0.2) is 0 Å². The summed E-state index contributed by atoms with van der Waals surface area (Å²) in [5.41, 5.74) is 0.231. The largest absolute Gasteiger partial charge is 0.396 e. The predicted molar refractivity (Wildman–Crippen MR) is 78.9 cm³/mol. The van der Waals surface area contributed by atoms with E-state index < -0.39 is 0 Å². The maximum absolute atomic E-state index is 12.2. The van der Waals surface area contributed by atoms with Crippen LogP contribution in [0.1, 0.15) is 65.7 Å². The zero-order valence-electron chi connectivity index (χ0n) is 13.1. The Labute approximate surface area is 118 Å². The lowest BCUT2D eigenvalue weighted by molar-refractivity contribution is -0.133. The first-order valence-corrected chi connectivity index (χ1v) is 7.70. The summed E-state index contributed by atoms with van der Waals surface area (Å²) in [5.74, 6) is 0.958. The molecule has 19 heavy (non-hydrogen) atoms. The Morgan fingerprint density at radius 1 is 1.21 bits per heavy atom. The van der Waals surface area contributed by atoms with Crippen molar-refractivity contribution in [1.82, 2.24) is 4.90 Å². The van der Waals surface area contributed by atoms with Gasteiger partial charge in [0.05, 0.1) is 0 Å². The average molecular weight is 269 g/mol. The number of aliphatic hydroxyl groups excluding tert-OH is 1. The highest BCUT2D eigenvalue weighted by atomic mass is 16.3. The second-order valence-electron chi connectivity index (χ2n) is 7.25. The minimum Gasteiger partial charge on any atom is -0.396 e. The fourth-order valence-electron chi connectivity index (χ4n) is 2.87. The van der Waals surface area contributed by atoms with Crippen LogP contribution in [-0.2, 0) is 4.79 Å². The molecule has 3 nitrogen and oxygen atoms in total. The van der Waals surface area contributed by atoms with Crippen LogP contribution in [0.3, 0.4) is 0 Å². The fourth-order valence-corrected chi connectivity index (χ4v) is 2.87. The first-order chi connectivity index (χ1) is 8.83. The summed E-state index contributed by atoms with van der Waals surface area (Å²) in [6, 6.07) is 0.419. The van der Waals surface area contributed by atoms with Crippen LogP contribution in [-0.4, -0.2) is 35.6 Å². The minimum atomic E-state index is 0.231. The number of amides is 1. The van der Waals surface area contributed by atoms with E-state index in [0.29, 0.717) is 30.9 Å². The molecule has 0 saturated heterocycles. The number of nitrogens with zero attached hydrogens (tertiary/aromatic N) is 1. The van der Waals surface area contributed by atoms with Crippen LogP contribution >= 0.6 is 0 Å². The topological polar surface area (TPSA) is 40.5 Å². The smallest absolute Gasteiger partial charge is 0.222 e. The Morgan fingerprint density at radius 3 is 2.26 bits per heavy atom. The molecular formula is C16H31NO2. The van der Waals surface area contributed by atoms with Crippen molar-refractivity contribution >= 4 is 5.91 Å². The van der Waals surface area contributed by atoms with Gasteiger partial charge in [-0.3, -0.25) is 4.79 Å². The van der Waals surface area contributed by atoms with Crippen molar-refractivity contribution in [3.63, 3.8) is 0 Å². The lowest BCUT2D eigenvalue weighted by atomic mass is 9.83. The molecule has 0 aliphatic heterocycles. The lowest BCUT2D eigenvalue weighted by Crippen LogP contribution is -2.39. The van der Waals surface area contributed by atoms with Crippen LogP contribution < -0.4 is 0 Å². The van der Waals surface area contributed by atoms with Gasteiger partial charge < -0.3 is 10.0 Å². The van der Waals surface area contributed by atoms with E-state index in [-0.39, 0.29) is 5.41 Å². The summed E-state index contributed by atoms with van der Waals surface area (Å²) in [6.07, 6.45) is 7.05. The summed E-state index contributed by atoms with van der Waals surface area (Å²) in [4.78, 5) is 14.2. The van der Waals surface area contributed by atoms with Crippen molar-refractivity contribution in [3.05, 3.63) is 0 Å². The number of hydrogen-bond donors (Lipinski definition) is 1. The molecule has 1 N–H and O–H groups in total. The Balaban J connectivity index is 2.34. The molecule has 0 unspecified atom stereocenters. The lowest BCUT2D eigenvalue weighted by Gasteiger charge is -2.35. The number of aliphatic hydroxyl groups is 1. The van der Waals surface area contributed by atoms with Crippen molar-refractivity contribution in [2.75, 3.05) is 13.7 Å². The van der Waals surface area contributed by atoms with Gasteiger partial charge in [-0.15, -0.1) is 0 Å². The van der Waals surface area contributed by atoms with Gasteiger partial charge in [0, 0.05) is 26.1 Å². The van der Waals surface area contributed by atoms with Crippen molar-refractivity contribution < 1.29 is 9.90 Å². The standard InChI is InChI=1S/C16H31NO2/c1-16(2,3)11-9-15(19)17(4)14-7-5-13(6-8-14)10-12-18/h13-14,18H,5-12H2,1-4H3. The molecule has 0 heterocycles. The van der Waals surface area contributed by atoms with E-state index in [1.807, 2.05) is 11.9 Å². The molecule has 0 spiro atoms. The Bertz CT molecular complexity index is 275. The molecule has 0 atom stereocenters. The van der Waals surface area contributed by atoms with Gasteiger partial charge in [-0.1, -0.05) is 20.8 Å². The molecule has 0 aromatic carbocycles. The summed E-state index contributed by atoms with van der Waals surface area (Å²) < 4.78 is 0. The second kappa shape index (κ2) is 7.28. The molecule has 1 aliphatic rings. The molecule has 3 heteroatoms. The van der Waals surface area contributed by atoms with Crippen LogP contribution in [0.4, 0.5) is 0 Å². The maximum Gasteiger partial charge on any atom is 0.222 e. The summed E-state index contributed by atoms with van der Waals surface area (Å²) >= 11 is 0. The Hall–Kier alpha value is -0.570. The number of rotatable bonds is 5. The fraction of sp³-hybridized carbons (Fsp3) is 0.938. The van der Waals surface area contributed by atoms with Crippen molar-refractivity contribution in [3.8, 4) is 0 Å². The molecule has 1 fully saturated rings. The molecule has 1 saturated carbocycles. The third-order valence-electron chi connectivity index (χ3n) is 4.38. The number of carbonyl (C=O) groups excluding carboxylic acids is 1. The molecule has 112 valence electrons. The molecule has 0 bridgehead atoms. The van der Waals surface area contributed by atoms with E-state index in [1.165, 1.54) is 0 Å². The zero-order valence-corrected chi connectivity index (χ0v) is 13.1. The minimum absolute atomic E-state index is 0.231. The van der Waals surface area contributed by atoms with Gasteiger partial charge in [0.25, 0.3) is 0 Å². The van der Waals surface area contributed by atoms with Gasteiger partial charge in [-0.25, -0.2) is 0 Å². The average Bonchev–Trinajstić information content (AvgIpc) is 2.35. The Morgan fingerprint density at radius 2 is 1.79 bits per heavy atom. The first-order valence-electron chi connectivity index (χ1n) is 7.70. The van der Waals surface area contributed by atoms with E-state index in [0.717, 1.165) is 38.5 Å². The van der Waals surface area contributed by atoms with Gasteiger partial charge in [-0.05, 0) is 49.9 Å². The van der Waals surface area contributed by atoms with E-state index in [2.05, 4.69) is 20.8 Å². The predicted octanol–water partition coefficient (Wildman–Crippen LogP) is 3.21. The molecule has 1 aliphatic carbocycles. The van der Waals surface area contributed by atoms with Gasteiger partial charge in [-0.2, -0.15) is 0 Å². The van der Waals surface area contributed by atoms with Crippen LogP contribution in [0, 0.1) is 11.3 Å². The zero-order chi connectivity index (χ0) is 14.5. The maximum atomic E-state index is 12.2. The second-order valence-corrected chi connectivity index (χ2v) is 7.25. The third-order valence-corrected chi connectivity index (χ3v) is 4.38. The monoisotopic (exact) mass is 269 g/mol. The first kappa shape index (κ1) is 16.5. The highest BCUT2D eigenvalue weighted by molar-refractivity contribution is 5.76. The Kier molecular flexibility index (Phi) is 6.31. The van der Waals surface area contributed by atoms with E-state index in [9.17, 15) is 4.79 Å². The van der Waals surface area contributed by atoms with Gasteiger partial charge >= 0.3 is 0 Å². The SMILES string of the molecule is CN(C(=O)CCC(C)(C)C)C1CCC(CCO)CC1. The third kappa shape index (κ3) is 5.94. The van der Waals surface area contributed by atoms with E-state index in [4.69, 9.17) is 5.11 Å². The van der Waals surface area contributed by atoms with Crippen molar-refractivity contribution in [1.29, 1.82) is 0 Å². The normalized spacial score (nSPS) is 24.3. The van der Waals surface area contributed by atoms with Gasteiger partial charge in [0.2, 0.25) is 5.91 Å². The highest BCUT2D eigenvalue weighted by Gasteiger charge is 2.26. The van der Waals surface area contributed by atoms with Crippen molar-refractivity contribution in [2.24, 2.45) is 11.3 Å². The molecular weight excluding hydrogens is 238 g/mol. The van der Waals surface area contributed by atoms with Gasteiger partial charge in [0.1, 0.15) is 0 Å². The summed E-state index contributed by atoms with van der Waals surface area (Å²) in [6.45, 7) is 6.84. The quantitative estimate of drug-likeness (QED) is 0.832. The highest BCUT2D eigenvalue weighted by Crippen LogP contribution is 2.30. The van der Waals surface area contributed by atoms with Crippen LogP contribution in [0.15, 0.2) is 0 Å². The van der Waals surface area contributed by atoms with Crippen LogP contribution in [0.5, 0.6) is 0 Å². The molecule has 1 amide bonds. The van der Waals surface area contributed by atoms with E-state index >= 15 is 0 Å². The number of carbonyl (C=O) groups is 1. The summed E-state index contributed by atoms with van der Waals surface area (Å²) in [7, 11) is 1.96. The molecule has 0 aromatic rings. The number of hydrogen-bond acceptors (Lipinski definition) is 2. The van der Waals surface area contributed by atoms with Crippen LogP contribution in [0.2, 0.25) is 0 Å². The molecule has 0 aromatic heterocycles. The molecule has 0 radical (unpaired) electrons. The summed E-state index contributed by atoms with van der Waals surface area (Å²) in [5, 5.41) is 8.96. The van der Waals surface area contributed by atoms with E-state index in [1.54, 1.807) is 0 Å². The van der Waals surface area contributed by atoms with Crippen LogP contribution in [0.25, 0.3) is 0 Å². The molecule has 1 rings (SSSR count).